The molecule has 0 bridgehead atoms. The third-order valence-electron chi connectivity index (χ3n) is 8.76. The van der Waals surface area contributed by atoms with Gasteiger partial charge >= 0.3 is 0 Å². The van der Waals surface area contributed by atoms with E-state index in [1.54, 1.807) is 0 Å². The number of nitrogens with zero attached hydrogens (tertiary/aromatic N) is 4. The summed E-state index contributed by atoms with van der Waals surface area (Å²) in [6, 6.07) is 46.9. The highest BCUT2D eigenvalue weighted by Gasteiger charge is 2.22. The molecule has 0 aliphatic carbocycles. The van der Waals surface area contributed by atoms with E-state index in [9.17, 15) is 0 Å². The minimum Gasteiger partial charge on any atom is -0.308 e. The van der Waals surface area contributed by atoms with Crippen molar-refractivity contribution in [3.05, 3.63) is 133 Å². The Morgan fingerprint density at radius 1 is 0.409 bits per heavy atom. The van der Waals surface area contributed by atoms with Gasteiger partial charge in [0.25, 0.3) is 0 Å². The van der Waals surface area contributed by atoms with Gasteiger partial charge in [-0.1, -0.05) is 97.1 Å². The Morgan fingerprint density at radius 2 is 0.977 bits per heavy atom. The molecule has 0 saturated carbocycles. The minimum atomic E-state index is 0.670. The smallest absolute Gasteiger partial charge is 0.164 e. The number of hydrogen-bond donors (Lipinski definition) is 0. The van der Waals surface area contributed by atoms with Gasteiger partial charge in [0.1, 0.15) is 0 Å². The molecule has 4 heterocycles. The Bertz CT molecular complexity index is 2650. The molecular formula is C39H22N4S. The summed E-state index contributed by atoms with van der Waals surface area (Å²) in [6.45, 7) is 0. The SMILES string of the molecule is c1ccc(-c2nc(-c3ccccc3)nc(-c3ccc4sc5cc6c7ccccc7n7c8ccccc8c(c5c4c3)c67)n2)cc1. The van der Waals surface area contributed by atoms with Gasteiger partial charge in [-0.2, -0.15) is 0 Å². The van der Waals surface area contributed by atoms with Crippen molar-refractivity contribution in [2.24, 2.45) is 0 Å². The maximum atomic E-state index is 5.02. The van der Waals surface area contributed by atoms with Crippen molar-refractivity contribution < 1.29 is 0 Å². The normalized spacial score (nSPS) is 12.1. The van der Waals surface area contributed by atoms with E-state index in [2.05, 4.69) is 77.2 Å². The lowest BCUT2D eigenvalue weighted by Crippen LogP contribution is -2.00. The largest absolute Gasteiger partial charge is 0.308 e. The Kier molecular flexibility index (Phi) is 4.84. The second-order valence-electron chi connectivity index (χ2n) is 11.2. The van der Waals surface area contributed by atoms with Gasteiger partial charge in [0, 0.05) is 58.4 Å². The van der Waals surface area contributed by atoms with Crippen LogP contribution in [0.5, 0.6) is 0 Å². The van der Waals surface area contributed by atoms with Gasteiger partial charge in [-0.3, -0.25) is 0 Å². The van der Waals surface area contributed by atoms with Gasteiger partial charge in [-0.05, 0) is 36.4 Å². The van der Waals surface area contributed by atoms with Crippen molar-refractivity contribution in [2.75, 3.05) is 0 Å². The first-order chi connectivity index (χ1) is 21.8. The fourth-order valence-corrected chi connectivity index (χ4v) is 7.99. The van der Waals surface area contributed by atoms with E-state index in [0.29, 0.717) is 17.5 Å². The predicted molar refractivity (Wildman–Crippen MR) is 184 cm³/mol. The molecule has 0 spiro atoms. The van der Waals surface area contributed by atoms with Crippen LogP contribution in [0.15, 0.2) is 133 Å². The average Bonchev–Trinajstić information content (AvgIpc) is 3.74. The zero-order chi connectivity index (χ0) is 28.8. The topological polar surface area (TPSA) is 43.1 Å². The first kappa shape index (κ1) is 23.9. The molecule has 44 heavy (non-hydrogen) atoms. The van der Waals surface area contributed by atoms with Crippen molar-refractivity contribution >= 4 is 69.6 Å². The number of rotatable bonds is 3. The molecule has 5 heteroatoms. The number of hydrogen-bond acceptors (Lipinski definition) is 4. The zero-order valence-corrected chi connectivity index (χ0v) is 24.2. The second-order valence-corrected chi connectivity index (χ2v) is 12.3. The standard InChI is InChI=1S/C39H22N4S/c1-3-11-23(12-4-1)37-40-38(24-13-5-2-6-14-24)42-39(41-37)25-19-20-32-29(21-25)34-33(44-32)22-28-26-15-7-9-17-30(26)43-31-18-10-8-16-27(31)35(34)36(28)43/h1-22H. The predicted octanol–water partition coefficient (Wildman–Crippen LogP) is 10.4. The molecule has 6 aromatic carbocycles. The van der Waals surface area contributed by atoms with Gasteiger partial charge in [0.05, 0.1) is 16.6 Å². The second kappa shape index (κ2) is 8.93. The lowest BCUT2D eigenvalue weighted by atomic mass is 10.0. The molecule has 204 valence electrons. The number of aromatic nitrogens is 4. The maximum absolute atomic E-state index is 5.02. The quantitative estimate of drug-likeness (QED) is 0.209. The molecule has 0 unspecified atom stereocenters. The molecule has 0 aliphatic heterocycles. The van der Waals surface area contributed by atoms with Gasteiger partial charge in [-0.25, -0.2) is 15.0 Å². The summed E-state index contributed by atoms with van der Waals surface area (Å²) in [6.07, 6.45) is 0. The van der Waals surface area contributed by atoms with Gasteiger partial charge in [0.15, 0.2) is 17.5 Å². The van der Waals surface area contributed by atoms with E-state index in [1.165, 1.54) is 58.3 Å². The highest BCUT2D eigenvalue weighted by atomic mass is 32.1. The molecule has 0 atom stereocenters. The van der Waals surface area contributed by atoms with E-state index in [0.717, 1.165) is 16.7 Å². The van der Waals surface area contributed by atoms with Crippen LogP contribution >= 0.6 is 11.3 Å². The molecule has 0 radical (unpaired) electrons. The summed E-state index contributed by atoms with van der Waals surface area (Å²) in [5, 5.41) is 7.74. The van der Waals surface area contributed by atoms with E-state index < -0.39 is 0 Å². The molecule has 10 rings (SSSR count). The summed E-state index contributed by atoms with van der Waals surface area (Å²) >= 11 is 1.86. The summed E-state index contributed by atoms with van der Waals surface area (Å²) in [7, 11) is 0. The highest BCUT2D eigenvalue weighted by molar-refractivity contribution is 7.26. The molecule has 0 N–H and O–H groups in total. The van der Waals surface area contributed by atoms with Gasteiger partial charge in [0.2, 0.25) is 0 Å². The Hall–Kier alpha value is -5.65. The van der Waals surface area contributed by atoms with Crippen LogP contribution in [0.3, 0.4) is 0 Å². The zero-order valence-electron chi connectivity index (χ0n) is 23.4. The van der Waals surface area contributed by atoms with Crippen molar-refractivity contribution in [1.82, 2.24) is 19.4 Å². The summed E-state index contributed by atoms with van der Waals surface area (Å²) < 4.78 is 5.00. The van der Waals surface area contributed by atoms with Gasteiger partial charge in [-0.15, -0.1) is 11.3 Å². The van der Waals surface area contributed by atoms with Crippen LogP contribution in [0.25, 0.3) is 92.4 Å². The Labute approximate surface area is 255 Å². The molecule has 0 aliphatic rings. The van der Waals surface area contributed by atoms with Crippen LogP contribution < -0.4 is 0 Å². The molecule has 4 nitrogen and oxygen atoms in total. The lowest BCUT2D eigenvalue weighted by Gasteiger charge is -2.08. The van der Waals surface area contributed by atoms with Crippen LogP contribution in [-0.2, 0) is 0 Å². The summed E-state index contributed by atoms with van der Waals surface area (Å²) in [5.41, 5.74) is 6.71. The van der Waals surface area contributed by atoms with Crippen LogP contribution in [0.1, 0.15) is 0 Å². The number of benzene rings is 6. The lowest BCUT2D eigenvalue weighted by molar-refractivity contribution is 1.07. The van der Waals surface area contributed by atoms with Crippen molar-refractivity contribution in [3.8, 4) is 34.2 Å². The Morgan fingerprint density at radius 3 is 1.66 bits per heavy atom. The fraction of sp³-hybridized carbons (Fsp3) is 0. The molecule has 0 fully saturated rings. The van der Waals surface area contributed by atoms with Crippen molar-refractivity contribution in [2.45, 2.75) is 0 Å². The molecular weight excluding hydrogens is 557 g/mol. The average molecular weight is 579 g/mol. The fourth-order valence-electron chi connectivity index (χ4n) is 6.85. The number of fused-ring (bicyclic) bond motifs is 10. The van der Waals surface area contributed by atoms with Crippen LogP contribution in [0.2, 0.25) is 0 Å². The third-order valence-corrected chi connectivity index (χ3v) is 9.88. The van der Waals surface area contributed by atoms with Crippen LogP contribution in [0, 0.1) is 0 Å². The first-order valence-electron chi connectivity index (χ1n) is 14.7. The van der Waals surface area contributed by atoms with Crippen molar-refractivity contribution in [1.29, 1.82) is 0 Å². The summed E-state index contributed by atoms with van der Waals surface area (Å²) in [4.78, 5) is 14.9. The maximum Gasteiger partial charge on any atom is 0.164 e. The number of para-hydroxylation sites is 2. The highest BCUT2D eigenvalue weighted by Crippen LogP contribution is 2.48. The molecule has 4 aromatic heterocycles. The monoisotopic (exact) mass is 578 g/mol. The Balaban J connectivity index is 1.29. The van der Waals surface area contributed by atoms with E-state index in [4.69, 9.17) is 15.0 Å². The van der Waals surface area contributed by atoms with Gasteiger partial charge < -0.3 is 4.40 Å². The summed E-state index contributed by atoms with van der Waals surface area (Å²) in [5.74, 6) is 2.01. The van der Waals surface area contributed by atoms with Crippen LogP contribution in [-0.4, -0.2) is 19.4 Å². The van der Waals surface area contributed by atoms with E-state index in [-0.39, 0.29) is 0 Å². The van der Waals surface area contributed by atoms with Crippen molar-refractivity contribution in [3.63, 3.8) is 0 Å². The number of thiophene rings is 1. The van der Waals surface area contributed by atoms with E-state index in [1.807, 2.05) is 72.0 Å². The third kappa shape index (κ3) is 3.30. The molecule has 0 saturated heterocycles. The molecule has 10 aromatic rings. The van der Waals surface area contributed by atoms with E-state index >= 15 is 0 Å². The van der Waals surface area contributed by atoms with Crippen LogP contribution in [0.4, 0.5) is 0 Å². The first-order valence-corrected chi connectivity index (χ1v) is 15.5. The minimum absolute atomic E-state index is 0.670. The molecule has 0 amide bonds.